The lowest BCUT2D eigenvalue weighted by Crippen LogP contribution is -2.46. The predicted octanol–water partition coefficient (Wildman–Crippen LogP) is 2.15. The molecule has 0 N–H and O–H groups in total. The Balaban J connectivity index is 2.52. The number of likely N-dealkylation sites (tertiary alicyclic amines) is 1. The summed E-state index contributed by atoms with van der Waals surface area (Å²) >= 11 is 0. The van der Waals surface area contributed by atoms with Crippen LogP contribution in [-0.4, -0.2) is 24.1 Å². The molecule has 1 aliphatic rings. The van der Waals surface area contributed by atoms with Crippen molar-refractivity contribution in [2.45, 2.75) is 26.2 Å². The Morgan fingerprint density at radius 3 is 2.20 bits per heavy atom. The van der Waals surface area contributed by atoms with Crippen LogP contribution >= 0.6 is 0 Å². The maximum absolute atomic E-state index is 3.90. The molecule has 10 heavy (non-hydrogen) atoms. The van der Waals surface area contributed by atoms with Crippen molar-refractivity contribution in [1.29, 1.82) is 0 Å². The van der Waals surface area contributed by atoms with Crippen molar-refractivity contribution in [1.82, 2.24) is 0 Å². The summed E-state index contributed by atoms with van der Waals surface area (Å²) in [5.74, 6) is 0. The van der Waals surface area contributed by atoms with Crippen molar-refractivity contribution in [3.05, 3.63) is 12.8 Å². The van der Waals surface area contributed by atoms with E-state index in [0.29, 0.717) is 0 Å². The summed E-state index contributed by atoms with van der Waals surface area (Å²) in [6, 6.07) is 0. The van der Waals surface area contributed by atoms with Crippen molar-refractivity contribution in [3.63, 3.8) is 0 Å². The molecule has 0 bridgehead atoms. The number of quaternary nitrogens is 1. The number of hydrogen-bond acceptors (Lipinski definition) is 0. The minimum Gasteiger partial charge on any atom is -0.298 e. The van der Waals surface area contributed by atoms with Crippen LogP contribution in [0.3, 0.4) is 0 Å². The summed E-state index contributed by atoms with van der Waals surface area (Å²) in [6.07, 6.45) is 6.33. The van der Waals surface area contributed by atoms with Crippen LogP contribution in [0.15, 0.2) is 12.8 Å². The maximum atomic E-state index is 3.90. The minimum absolute atomic E-state index is 1.15. The van der Waals surface area contributed by atoms with E-state index in [-0.39, 0.29) is 0 Å². The lowest BCUT2D eigenvalue weighted by Gasteiger charge is -2.36. The number of piperidine rings is 1. The van der Waals surface area contributed by atoms with Crippen molar-refractivity contribution in [2.24, 2.45) is 0 Å². The fraction of sp³-hybridized carbons (Fsp3) is 0.778. The van der Waals surface area contributed by atoms with Crippen molar-refractivity contribution in [2.75, 3.05) is 19.6 Å². The summed E-state index contributed by atoms with van der Waals surface area (Å²) in [6.45, 7) is 10.0. The first-order valence-electron chi connectivity index (χ1n) is 4.32. The highest BCUT2D eigenvalue weighted by atomic mass is 15.3. The van der Waals surface area contributed by atoms with Gasteiger partial charge in [-0.05, 0) is 32.8 Å². The first-order chi connectivity index (χ1) is 4.83. The van der Waals surface area contributed by atoms with Gasteiger partial charge >= 0.3 is 0 Å². The molecule has 0 aromatic carbocycles. The van der Waals surface area contributed by atoms with Crippen molar-refractivity contribution >= 4 is 0 Å². The Morgan fingerprint density at radius 1 is 1.30 bits per heavy atom. The van der Waals surface area contributed by atoms with E-state index in [1.54, 1.807) is 0 Å². The number of nitrogens with zero attached hydrogens (tertiary/aromatic N) is 1. The molecule has 1 rings (SSSR count). The molecule has 0 saturated carbocycles. The van der Waals surface area contributed by atoms with Crippen LogP contribution in [-0.2, 0) is 0 Å². The van der Waals surface area contributed by atoms with E-state index in [9.17, 15) is 0 Å². The molecule has 0 atom stereocenters. The molecule has 58 valence electrons. The van der Waals surface area contributed by atoms with E-state index in [2.05, 4.69) is 19.7 Å². The first-order valence-corrected chi connectivity index (χ1v) is 4.32. The average Bonchev–Trinajstić information content (AvgIpc) is 2.06. The van der Waals surface area contributed by atoms with Gasteiger partial charge in [-0.1, -0.05) is 0 Å². The Labute approximate surface area is 63.9 Å². The van der Waals surface area contributed by atoms with E-state index >= 15 is 0 Å². The predicted molar refractivity (Wildman–Crippen MR) is 44.6 cm³/mol. The maximum Gasteiger partial charge on any atom is 0.0885 e. The van der Waals surface area contributed by atoms with Gasteiger partial charge in [0.1, 0.15) is 0 Å². The van der Waals surface area contributed by atoms with Crippen LogP contribution in [0.25, 0.3) is 0 Å². The second-order valence-corrected chi connectivity index (χ2v) is 3.23. The average molecular weight is 140 g/mol. The van der Waals surface area contributed by atoms with Gasteiger partial charge in [-0.15, -0.1) is 0 Å². The largest absolute Gasteiger partial charge is 0.298 e. The quantitative estimate of drug-likeness (QED) is 0.516. The second-order valence-electron chi connectivity index (χ2n) is 3.23. The SMILES string of the molecule is C=C[N+]1(CC)CCCCC1. The zero-order valence-corrected chi connectivity index (χ0v) is 6.97. The lowest BCUT2D eigenvalue weighted by atomic mass is 10.1. The molecule has 1 heteroatoms. The highest BCUT2D eigenvalue weighted by molar-refractivity contribution is 4.61. The van der Waals surface area contributed by atoms with E-state index in [1.807, 2.05) is 0 Å². The van der Waals surface area contributed by atoms with Crippen LogP contribution in [0.4, 0.5) is 0 Å². The molecule has 0 aromatic heterocycles. The van der Waals surface area contributed by atoms with Gasteiger partial charge in [0.05, 0.1) is 25.8 Å². The molecule has 0 aromatic rings. The van der Waals surface area contributed by atoms with Crippen LogP contribution in [0.2, 0.25) is 0 Å². The second kappa shape index (κ2) is 3.20. The zero-order valence-electron chi connectivity index (χ0n) is 6.97. The van der Waals surface area contributed by atoms with E-state index in [4.69, 9.17) is 0 Å². The highest BCUT2D eigenvalue weighted by Crippen LogP contribution is 2.18. The molecule has 0 spiro atoms. The summed E-state index contributed by atoms with van der Waals surface area (Å²) < 4.78 is 1.15. The third-order valence-corrected chi connectivity index (χ3v) is 2.72. The van der Waals surface area contributed by atoms with Gasteiger partial charge in [0.25, 0.3) is 0 Å². The van der Waals surface area contributed by atoms with E-state index in [0.717, 1.165) is 4.48 Å². The molecule has 0 amide bonds. The van der Waals surface area contributed by atoms with Crippen LogP contribution < -0.4 is 0 Å². The highest BCUT2D eigenvalue weighted by Gasteiger charge is 2.24. The van der Waals surface area contributed by atoms with Gasteiger partial charge in [0.15, 0.2) is 0 Å². The molecule has 0 aliphatic carbocycles. The van der Waals surface area contributed by atoms with Gasteiger partial charge in [-0.25, -0.2) is 0 Å². The van der Waals surface area contributed by atoms with E-state index < -0.39 is 0 Å². The monoisotopic (exact) mass is 140 g/mol. The molecule has 1 saturated heterocycles. The molecular weight excluding hydrogens is 122 g/mol. The third kappa shape index (κ3) is 1.40. The Morgan fingerprint density at radius 2 is 1.90 bits per heavy atom. The number of rotatable bonds is 2. The van der Waals surface area contributed by atoms with Gasteiger partial charge in [-0.2, -0.15) is 0 Å². The molecule has 1 aliphatic heterocycles. The number of hydrogen-bond donors (Lipinski definition) is 0. The Kier molecular flexibility index (Phi) is 2.50. The zero-order chi connectivity index (χ0) is 7.45. The fourth-order valence-corrected chi connectivity index (χ4v) is 1.77. The first kappa shape index (κ1) is 7.80. The summed E-state index contributed by atoms with van der Waals surface area (Å²) in [5, 5.41) is 0. The summed E-state index contributed by atoms with van der Waals surface area (Å²) in [4.78, 5) is 0. The van der Waals surface area contributed by atoms with Crippen molar-refractivity contribution in [3.8, 4) is 0 Å². The van der Waals surface area contributed by atoms with Crippen LogP contribution in [0, 0.1) is 0 Å². The van der Waals surface area contributed by atoms with Crippen LogP contribution in [0.5, 0.6) is 0 Å². The van der Waals surface area contributed by atoms with Gasteiger partial charge in [0, 0.05) is 0 Å². The topological polar surface area (TPSA) is 0 Å². The molecule has 1 nitrogen and oxygen atoms in total. The van der Waals surface area contributed by atoms with Gasteiger partial charge in [0.2, 0.25) is 0 Å². The van der Waals surface area contributed by atoms with E-state index in [1.165, 1.54) is 38.9 Å². The standard InChI is InChI=1S/C9H18N/c1-3-10(4-2)8-6-5-7-9-10/h3H,1,4-9H2,2H3/q+1. The summed E-state index contributed by atoms with van der Waals surface area (Å²) in [5.41, 5.74) is 0. The Hall–Kier alpha value is -0.300. The normalized spacial score (nSPS) is 24.1. The fourth-order valence-electron chi connectivity index (χ4n) is 1.77. The summed E-state index contributed by atoms with van der Waals surface area (Å²) in [7, 11) is 0. The molecule has 1 fully saturated rings. The smallest absolute Gasteiger partial charge is 0.0885 e. The Bertz CT molecular complexity index is 112. The molecule has 1 heterocycles. The molecular formula is C9H18N+. The van der Waals surface area contributed by atoms with Gasteiger partial charge in [-0.3, -0.25) is 4.48 Å². The lowest BCUT2D eigenvalue weighted by molar-refractivity contribution is -0.882. The van der Waals surface area contributed by atoms with Crippen LogP contribution in [0.1, 0.15) is 26.2 Å². The van der Waals surface area contributed by atoms with Gasteiger partial charge < -0.3 is 0 Å². The molecule has 0 unspecified atom stereocenters. The minimum atomic E-state index is 1.15. The third-order valence-electron chi connectivity index (χ3n) is 2.72. The van der Waals surface area contributed by atoms with Crippen molar-refractivity contribution < 1.29 is 4.48 Å². The molecule has 0 radical (unpaired) electrons.